The third-order valence-electron chi connectivity index (χ3n) is 2.10. The van der Waals surface area contributed by atoms with Crippen LogP contribution in [0.5, 0.6) is 0 Å². The number of rotatable bonds is 10. The highest BCUT2D eigenvalue weighted by atomic mass is 32.9. The third kappa shape index (κ3) is 7.58. The van der Waals surface area contributed by atoms with Crippen LogP contribution in [0.1, 0.15) is 47.0 Å². The number of Topliss-reactive ketones (excluding diaryl/α,β-unsaturated/α-hetero) is 1. The molecule has 0 spiro atoms. The van der Waals surface area contributed by atoms with E-state index in [2.05, 4.69) is 6.92 Å². The van der Waals surface area contributed by atoms with Gasteiger partial charge in [0, 0.05) is 0 Å². The Labute approximate surface area is 114 Å². The number of carbonyl (C=O) groups is 1. The summed E-state index contributed by atoms with van der Waals surface area (Å²) in [4.78, 5) is 11.6. The Balaban J connectivity index is 4.55. The van der Waals surface area contributed by atoms with Crippen LogP contribution in [0.15, 0.2) is 0 Å². The fourth-order valence-electron chi connectivity index (χ4n) is 1.29. The van der Waals surface area contributed by atoms with Gasteiger partial charge in [-0.2, -0.15) is 0 Å². The molecule has 1 unspecified atom stereocenters. The van der Waals surface area contributed by atoms with Gasteiger partial charge in [0.05, 0.1) is 18.5 Å². The largest absolute Gasteiger partial charge is 0.322 e. The van der Waals surface area contributed by atoms with Crippen LogP contribution in [0.3, 0.4) is 0 Å². The molecule has 0 aromatic heterocycles. The molecule has 0 saturated carbocycles. The first-order valence-electron chi connectivity index (χ1n) is 6.07. The third-order valence-corrected chi connectivity index (χ3v) is 7.91. The summed E-state index contributed by atoms with van der Waals surface area (Å²) in [6.45, 7) is 8.59. The molecule has 0 aliphatic heterocycles. The predicted octanol–water partition coefficient (Wildman–Crippen LogP) is 4.16. The molecule has 1 atom stereocenters. The Morgan fingerprint density at radius 3 is 2.18 bits per heavy atom. The molecule has 0 aliphatic carbocycles. The molecule has 0 rings (SSSR count). The molecule has 6 heteroatoms. The maximum absolute atomic E-state index is 11.6. The van der Waals surface area contributed by atoms with E-state index in [0.717, 1.165) is 19.3 Å². The molecule has 0 saturated heterocycles. The van der Waals surface area contributed by atoms with Crippen LogP contribution in [-0.2, 0) is 25.6 Å². The summed E-state index contributed by atoms with van der Waals surface area (Å²) in [6, 6.07) is 0. The van der Waals surface area contributed by atoms with E-state index in [1.54, 1.807) is 6.92 Å². The van der Waals surface area contributed by atoms with Gasteiger partial charge in [0.15, 0.2) is 0 Å². The fourth-order valence-corrected chi connectivity index (χ4v) is 7.11. The highest BCUT2D eigenvalue weighted by Gasteiger charge is 2.27. The van der Waals surface area contributed by atoms with Crippen LogP contribution in [0.4, 0.5) is 0 Å². The molecule has 0 N–H and O–H groups in total. The van der Waals surface area contributed by atoms with Crippen LogP contribution in [0.2, 0.25) is 0 Å². The van der Waals surface area contributed by atoms with E-state index >= 15 is 0 Å². The van der Waals surface area contributed by atoms with Gasteiger partial charge in [-0.25, -0.2) is 0 Å². The van der Waals surface area contributed by atoms with Crippen molar-refractivity contribution in [2.24, 2.45) is 0 Å². The molecule has 102 valence electrons. The smallest absolute Gasteiger partial charge is 0.248 e. The second-order valence-electron chi connectivity index (χ2n) is 3.63. The lowest BCUT2D eigenvalue weighted by molar-refractivity contribution is -0.116. The molecular weight excluding hydrogens is 275 g/mol. The van der Waals surface area contributed by atoms with Crippen molar-refractivity contribution in [3.63, 3.8) is 0 Å². The number of hydrogen-bond donors (Lipinski definition) is 0. The quantitative estimate of drug-likeness (QED) is 0.566. The molecule has 0 fully saturated rings. The number of carbonyl (C=O) groups excluding carboxylic acids is 1. The van der Waals surface area contributed by atoms with E-state index in [1.165, 1.54) is 11.4 Å². The molecule has 17 heavy (non-hydrogen) atoms. The molecule has 0 bridgehead atoms. The van der Waals surface area contributed by atoms with Crippen LogP contribution >= 0.6 is 17.1 Å². The average Bonchev–Trinajstić information content (AvgIpc) is 2.24. The second kappa shape index (κ2) is 9.51. The monoisotopic (exact) mass is 298 g/mol. The van der Waals surface area contributed by atoms with Gasteiger partial charge in [0.25, 0.3) is 0 Å². The summed E-state index contributed by atoms with van der Waals surface area (Å²) >= 11 is 6.84. The molecule has 0 aliphatic rings. The zero-order valence-electron chi connectivity index (χ0n) is 11.1. The van der Waals surface area contributed by atoms with Gasteiger partial charge >= 0.3 is 0 Å². The van der Waals surface area contributed by atoms with E-state index in [0.29, 0.717) is 13.2 Å². The molecule has 0 aromatic rings. The van der Waals surface area contributed by atoms with E-state index < -0.39 is 5.69 Å². The van der Waals surface area contributed by atoms with Crippen LogP contribution < -0.4 is 0 Å². The van der Waals surface area contributed by atoms with Gasteiger partial charge in [0.1, 0.15) is 5.78 Å². The van der Waals surface area contributed by atoms with Crippen molar-refractivity contribution in [3.05, 3.63) is 0 Å². The molecule has 0 amide bonds. The lowest BCUT2D eigenvalue weighted by atomic mass is 10.1. The first-order valence-corrected chi connectivity index (χ1v) is 10.2. The number of unbranched alkanes of at least 4 members (excludes halogenated alkanes) is 1. The highest BCUT2D eigenvalue weighted by Crippen LogP contribution is 2.63. The van der Waals surface area contributed by atoms with Gasteiger partial charge in [0.2, 0.25) is 5.69 Å². The summed E-state index contributed by atoms with van der Waals surface area (Å²) in [6.07, 6.45) is 2.97. The van der Waals surface area contributed by atoms with Crippen molar-refractivity contribution in [1.82, 2.24) is 0 Å². The van der Waals surface area contributed by atoms with Crippen molar-refractivity contribution < 1.29 is 13.8 Å². The molecule has 0 heterocycles. The Hall–Kier alpha value is 0.590. The summed E-state index contributed by atoms with van der Waals surface area (Å²) in [5.41, 5.74) is -2.34. The molecule has 0 radical (unpaired) electrons. The van der Waals surface area contributed by atoms with Crippen LogP contribution in [0.25, 0.3) is 0 Å². The lowest BCUT2D eigenvalue weighted by Gasteiger charge is -2.24. The first kappa shape index (κ1) is 17.6. The normalized spacial score (nSPS) is 13.6. The SMILES string of the molecule is CCCCC(SP(=S)(OCC)OCC)C(C)=O. The summed E-state index contributed by atoms with van der Waals surface area (Å²) in [7, 11) is 0. The Kier molecular flexibility index (Phi) is 9.84. The summed E-state index contributed by atoms with van der Waals surface area (Å²) in [5, 5.41) is -0.0844. The second-order valence-corrected chi connectivity index (χ2v) is 10.0. The van der Waals surface area contributed by atoms with E-state index in [1.807, 2.05) is 13.8 Å². The van der Waals surface area contributed by atoms with Gasteiger partial charge in [-0.3, -0.25) is 4.79 Å². The topological polar surface area (TPSA) is 35.5 Å². The predicted molar refractivity (Wildman–Crippen MR) is 79.1 cm³/mol. The Morgan fingerprint density at radius 2 is 1.82 bits per heavy atom. The summed E-state index contributed by atoms with van der Waals surface area (Å²) < 4.78 is 11.1. The van der Waals surface area contributed by atoms with E-state index in [4.69, 9.17) is 20.9 Å². The highest BCUT2D eigenvalue weighted by molar-refractivity contribution is 8.68. The maximum Gasteiger partial charge on any atom is 0.248 e. The van der Waals surface area contributed by atoms with Gasteiger partial charge < -0.3 is 9.05 Å². The van der Waals surface area contributed by atoms with E-state index in [9.17, 15) is 4.79 Å². The lowest BCUT2D eigenvalue weighted by Crippen LogP contribution is -2.14. The number of ketones is 1. The minimum Gasteiger partial charge on any atom is -0.322 e. The van der Waals surface area contributed by atoms with Crippen LogP contribution in [0, 0.1) is 0 Å². The molecule has 0 aromatic carbocycles. The summed E-state index contributed by atoms with van der Waals surface area (Å²) in [5.74, 6) is 0.164. The Bertz CT molecular complexity index is 261. The molecule has 3 nitrogen and oxygen atoms in total. The zero-order valence-corrected chi connectivity index (χ0v) is 13.6. The van der Waals surface area contributed by atoms with Crippen LogP contribution in [-0.4, -0.2) is 24.2 Å². The minimum atomic E-state index is -2.34. The van der Waals surface area contributed by atoms with Gasteiger partial charge in [-0.05, 0) is 39.0 Å². The van der Waals surface area contributed by atoms with Crippen molar-refractivity contribution in [2.45, 2.75) is 52.2 Å². The first-order chi connectivity index (χ1) is 7.99. The van der Waals surface area contributed by atoms with E-state index in [-0.39, 0.29) is 11.0 Å². The van der Waals surface area contributed by atoms with Gasteiger partial charge in [-0.15, -0.1) is 0 Å². The van der Waals surface area contributed by atoms with Crippen molar-refractivity contribution >= 4 is 34.7 Å². The Morgan fingerprint density at radius 1 is 1.29 bits per heavy atom. The number of hydrogen-bond acceptors (Lipinski definition) is 5. The van der Waals surface area contributed by atoms with Crippen molar-refractivity contribution in [3.8, 4) is 0 Å². The fraction of sp³-hybridized carbons (Fsp3) is 0.909. The molecular formula is C11H23O3PS2. The average molecular weight is 298 g/mol. The van der Waals surface area contributed by atoms with Crippen molar-refractivity contribution in [2.75, 3.05) is 13.2 Å². The maximum atomic E-state index is 11.6. The zero-order chi connectivity index (χ0) is 13.3. The van der Waals surface area contributed by atoms with Gasteiger partial charge in [-0.1, -0.05) is 31.1 Å². The minimum absolute atomic E-state index is 0.0844. The standard InChI is InChI=1S/C11H23O3PS2/c1-5-8-9-11(10(4)12)17-15(16,13-6-2)14-7-3/h11H,5-9H2,1-4H3. The van der Waals surface area contributed by atoms with Crippen molar-refractivity contribution in [1.29, 1.82) is 0 Å².